The molecule has 5 rings (SSSR count). The van der Waals surface area contributed by atoms with E-state index in [1.165, 1.54) is 11.3 Å². The molecular formula is C18H14N4O2S. The lowest BCUT2D eigenvalue weighted by atomic mass is 10.1. The minimum Gasteiger partial charge on any atom is -0.420 e. The third-order valence-electron chi connectivity index (χ3n) is 4.29. The van der Waals surface area contributed by atoms with Crippen molar-refractivity contribution in [3.05, 3.63) is 53.4 Å². The second-order valence-electron chi connectivity index (χ2n) is 6.12. The number of benzene rings is 1. The fourth-order valence-corrected chi connectivity index (χ4v) is 3.55. The van der Waals surface area contributed by atoms with Crippen LogP contribution in [0.3, 0.4) is 0 Å². The van der Waals surface area contributed by atoms with Gasteiger partial charge >= 0.3 is 0 Å². The lowest BCUT2D eigenvalue weighted by molar-refractivity contribution is 0.102. The maximum absolute atomic E-state index is 12.6. The van der Waals surface area contributed by atoms with Gasteiger partial charge in [-0.25, -0.2) is 0 Å². The number of hydrogen-bond acceptors (Lipinski definition) is 5. The van der Waals surface area contributed by atoms with E-state index in [-0.39, 0.29) is 5.91 Å². The van der Waals surface area contributed by atoms with Gasteiger partial charge in [-0.15, -0.1) is 21.5 Å². The average Bonchev–Trinajstić information content (AvgIpc) is 3.04. The van der Waals surface area contributed by atoms with Gasteiger partial charge in [-0.2, -0.15) is 0 Å². The molecule has 3 heterocycles. The Bertz CT molecular complexity index is 1070. The highest BCUT2D eigenvalue weighted by molar-refractivity contribution is 7.14. The Kier molecular flexibility index (Phi) is 3.21. The summed E-state index contributed by atoms with van der Waals surface area (Å²) in [6, 6.07) is 9.41. The molecule has 6 nitrogen and oxygen atoms in total. The molecular weight excluding hydrogens is 336 g/mol. The summed E-state index contributed by atoms with van der Waals surface area (Å²) in [4.78, 5) is 16.5. The number of carbonyl (C=O) groups is 1. The molecule has 25 heavy (non-hydrogen) atoms. The average molecular weight is 350 g/mol. The zero-order valence-electron chi connectivity index (χ0n) is 13.2. The number of nitrogens with zero attached hydrogens (tertiary/aromatic N) is 2. The van der Waals surface area contributed by atoms with E-state index in [1.807, 2.05) is 41.9 Å². The minimum atomic E-state index is -0.168. The lowest BCUT2D eigenvalue weighted by Gasteiger charge is -2.05. The predicted octanol–water partition coefficient (Wildman–Crippen LogP) is 4.41. The Labute approximate surface area is 146 Å². The zero-order chi connectivity index (χ0) is 16.8. The smallest absolute Gasteiger partial charge is 0.259 e. The van der Waals surface area contributed by atoms with E-state index in [4.69, 9.17) is 4.42 Å². The summed E-state index contributed by atoms with van der Waals surface area (Å²) in [7, 11) is 0. The summed E-state index contributed by atoms with van der Waals surface area (Å²) >= 11 is 1.47. The van der Waals surface area contributed by atoms with Crippen molar-refractivity contribution >= 4 is 33.8 Å². The molecule has 7 heteroatoms. The van der Waals surface area contributed by atoms with E-state index in [0.29, 0.717) is 29.0 Å². The van der Waals surface area contributed by atoms with Gasteiger partial charge < -0.3 is 14.7 Å². The molecule has 0 radical (unpaired) electrons. The van der Waals surface area contributed by atoms with Crippen LogP contribution >= 0.6 is 11.3 Å². The van der Waals surface area contributed by atoms with Crippen molar-refractivity contribution in [2.45, 2.75) is 18.8 Å². The van der Waals surface area contributed by atoms with Crippen LogP contribution in [0.25, 0.3) is 21.7 Å². The molecule has 0 spiro atoms. The highest BCUT2D eigenvalue weighted by Gasteiger charge is 2.30. The van der Waals surface area contributed by atoms with Gasteiger partial charge in [0.15, 0.2) is 0 Å². The molecule has 1 aliphatic carbocycles. The van der Waals surface area contributed by atoms with Crippen LogP contribution in [-0.2, 0) is 0 Å². The van der Waals surface area contributed by atoms with Crippen molar-refractivity contribution in [1.82, 2.24) is 15.2 Å². The summed E-state index contributed by atoms with van der Waals surface area (Å²) in [6.07, 6.45) is 4.07. The first-order valence-corrected chi connectivity index (χ1v) is 8.95. The molecule has 1 aliphatic rings. The van der Waals surface area contributed by atoms with Gasteiger partial charge in [0.1, 0.15) is 4.88 Å². The molecule has 1 aromatic carbocycles. The Balaban J connectivity index is 1.41. The van der Waals surface area contributed by atoms with E-state index < -0.39 is 0 Å². The van der Waals surface area contributed by atoms with Crippen molar-refractivity contribution in [1.29, 1.82) is 0 Å². The SMILES string of the molecule is O=C(Nc1ccsc1-c1nnc(C2CC2)o1)c1ccc2cc[nH]c2c1. The molecule has 1 saturated carbocycles. The van der Waals surface area contributed by atoms with Crippen molar-refractivity contribution in [2.75, 3.05) is 5.32 Å². The first-order valence-electron chi connectivity index (χ1n) is 8.08. The highest BCUT2D eigenvalue weighted by atomic mass is 32.1. The van der Waals surface area contributed by atoms with E-state index in [9.17, 15) is 4.79 Å². The molecule has 0 atom stereocenters. The van der Waals surface area contributed by atoms with Gasteiger partial charge in [0.05, 0.1) is 5.69 Å². The van der Waals surface area contributed by atoms with Crippen LogP contribution in [0.5, 0.6) is 0 Å². The molecule has 1 amide bonds. The van der Waals surface area contributed by atoms with Gasteiger partial charge in [-0.3, -0.25) is 4.79 Å². The van der Waals surface area contributed by atoms with Gasteiger partial charge in [-0.1, -0.05) is 6.07 Å². The van der Waals surface area contributed by atoms with E-state index in [0.717, 1.165) is 28.6 Å². The second-order valence-corrected chi connectivity index (χ2v) is 7.03. The van der Waals surface area contributed by atoms with Crippen molar-refractivity contribution in [3.8, 4) is 10.8 Å². The molecule has 0 bridgehead atoms. The summed E-state index contributed by atoms with van der Waals surface area (Å²) < 4.78 is 5.76. The number of fused-ring (bicyclic) bond motifs is 1. The van der Waals surface area contributed by atoms with Crippen LogP contribution in [0.15, 0.2) is 46.3 Å². The molecule has 0 aliphatic heterocycles. The zero-order valence-corrected chi connectivity index (χ0v) is 14.0. The summed E-state index contributed by atoms with van der Waals surface area (Å²) in [6.45, 7) is 0. The number of rotatable bonds is 4. The van der Waals surface area contributed by atoms with Crippen LogP contribution in [-0.4, -0.2) is 21.1 Å². The standard InChI is InChI=1S/C18H14N4O2S/c23-16(12-4-1-10-5-7-19-14(10)9-12)20-13-6-8-25-15(13)18-22-21-17(24-18)11-2-3-11/h1,4-9,11,19H,2-3H2,(H,20,23). The lowest BCUT2D eigenvalue weighted by Crippen LogP contribution is -2.11. The van der Waals surface area contributed by atoms with Gasteiger partial charge in [-0.05, 0) is 47.9 Å². The van der Waals surface area contributed by atoms with E-state index in [1.54, 1.807) is 0 Å². The van der Waals surface area contributed by atoms with E-state index >= 15 is 0 Å². The molecule has 124 valence electrons. The third-order valence-corrected chi connectivity index (χ3v) is 5.19. The Morgan fingerprint density at radius 1 is 1.24 bits per heavy atom. The monoisotopic (exact) mass is 350 g/mol. The van der Waals surface area contributed by atoms with Crippen LogP contribution in [0.2, 0.25) is 0 Å². The second kappa shape index (κ2) is 5.56. The van der Waals surface area contributed by atoms with Crippen LogP contribution in [0, 0.1) is 0 Å². The van der Waals surface area contributed by atoms with Crippen LogP contribution in [0.4, 0.5) is 5.69 Å². The number of H-pyrrole nitrogens is 1. The van der Waals surface area contributed by atoms with E-state index in [2.05, 4.69) is 20.5 Å². The number of nitrogens with one attached hydrogen (secondary N) is 2. The van der Waals surface area contributed by atoms with Gasteiger partial charge in [0.2, 0.25) is 5.89 Å². The quantitative estimate of drug-likeness (QED) is 0.571. The molecule has 0 unspecified atom stereocenters. The maximum atomic E-state index is 12.6. The third kappa shape index (κ3) is 2.62. The topological polar surface area (TPSA) is 83.8 Å². The fraction of sp³-hybridized carbons (Fsp3) is 0.167. The Hall–Kier alpha value is -2.93. The minimum absolute atomic E-state index is 0.168. The number of amides is 1. The normalized spacial score (nSPS) is 14.1. The van der Waals surface area contributed by atoms with Gasteiger partial charge in [0.25, 0.3) is 11.8 Å². The largest absolute Gasteiger partial charge is 0.420 e. The summed E-state index contributed by atoms with van der Waals surface area (Å²) in [5.74, 6) is 1.40. The fourth-order valence-electron chi connectivity index (χ4n) is 2.78. The molecule has 4 aromatic rings. The number of anilines is 1. The van der Waals surface area contributed by atoms with Crippen molar-refractivity contribution in [3.63, 3.8) is 0 Å². The molecule has 0 saturated heterocycles. The summed E-state index contributed by atoms with van der Waals surface area (Å²) in [5.41, 5.74) is 2.22. The van der Waals surface area contributed by atoms with Crippen LogP contribution < -0.4 is 5.32 Å². The molecule has 3 aromatic heterocycles. The molecule has 2 N–H and O–H groups in total. The molecule has 1 fully saturated rings. The number of carbonyl (C=O) groups excluding carboxylic acids is 1. The number of aromatic nitrogens is 3. The Morgan fingerprint density at radius 2 is 2.16 bits per heavy atom. The number of hydrogen-bond donors (Lipinski definition) is 2. The van der Waals surface area contributed by atoms with Gasteiger partial charge in [0, 0.05) is 23.2 Å². The number of aromatic amines is 1. The number of thiophene rings is 1. The Morgan fingerprint density at radius 3 is 3.04 bits per heavy atom. The van der Waals surface area contributed by atoms with Crippen molar-refractivity contribution in [2.24, 2.45) is 0 Å². The van der Waals surface area contributed by atoms with Crippen LogP contribution in [0.1, 0.15) is 35.0 Å². The van der Waals surface area contributed by atoms with Crippen molar-refractivity contribution < 1.29 is 9.21 Å². The predicted molar refractivity (Wildman–Crippen MR) is 95.8 cm³/mol. The first kappa shape index (κ1) is 14.4. The summed E-state index contributed by atoms with van der Waals surface area (Å²) in [5, 5.41) is 14.2. The highest BCUT2D eigenvalue weighted by Crippen LogP contribution is 2.41. The first-order chi connectivity index (χ1) is 12.3. The maximum Gasteiger partial charge on any atom is 0.259 e.